The zero-order valence-corrected chi connectivity index (χ0v) is 11.3. The number of nitrogens with zero attached hydrogens (tertiary/aromatic N) is 2. The molecule has 2 N–H and O–H groups in total. The molecule has 0 bridgehead atoms. The Balaban J connectivity index is 1.63. The van der Waals surface area contributed by atoms with Crippen molar-refractivity contribution < 1.29 is 9.84 Å². The monoisotopic (exact) mass is 273 g/mol. The van der Waals surface area contributed by atoms with Gasteiger partial charge < -0.3 is 15.2 Å². The van der Waals surface area contributed by atoms with Crippen LogP contribution in [0.5, 0.6) is 11.5 Å². The van der Waals surface area contributed by atoms with Gasteiger partial charge in [0, 0.05) is 6.04 Å². The van der Waals surface area contributed by atoms with Gasteiger partial charge in [0.1, 0.15) is 18.0 Å². The van der Waals surface area contributed by atoms with E-state index < -0.39 is 0 Å². The Kier molecular flexibility index (Phi) is 3.87. The van der Waals surface area contributed by atoms with Gasteiger partial charge in [-0.2, -0.15) is 5.10 Å². The van der Waals surface area contributed by atoms with Crippen LogP contribution in [0.4, 0.5) is 0 Å². The Morgan fingerprint density at radius 2 is 2.25 bits per heavy atom. The molecule has 1 aromatic carbocycles. The summed E-state index contributed by atoms with van der Waals surface area (Å²) in [6.07, 6.45) is 7.14. The molecule has 5 nitrogen and oxygen atoms in total. The van der Waals surface area contributed by atoms with E-state index in [1.54, 1.807) is 29.2 Å². The number of nitrogens with one attached hydrogen (secondary N) is 1. The molecule has 0 amide bonds. The number of phenolic OH excluding ortho intramolecular Hbond substituents is 1. The molecule has 0 saturated carbocycles. The zero-order chi connectivity index (χ0) is 13.8. The summed E-state index contributed by atoms with van der Waals surface area (Å²) in [4.78, 5) is 0. The Labute approximate surface area is 118 Å². The van der Waals surface area contributed by atoms with Crippen molar-refractivity contribution in [3.05, 3.63) is 36.7 Å². The Morgan fingerprint density at radius 1 is 1.35 bits per heavy atom. The Bertz CT molecular complexity index is 562. The highest BCUT2D eigenvalue weighted by atomic mass is 16.5. The van der Waals surface area contributed by atoms with E-state index in [1.807, 2.05) is 12.1 Å². The van der Waals surface area contributed by atoms with Crippen LogP contribution in [0.25, 0.3) is 5.69 Å². The second-order valence-corrected chi connectivity index (χ2v) is 5.07. The lowest BCUT2D eigenvalue weighted by molar-refractivity contribution is 0.239. The fraction of sp³-hybridized carbons (Fsp3) is 0.400. The number of hydrogen-bond acceptors (Lipinski definition) is 4. The predicted molar refractivity (Wildman–Crippen MR) is 76.4 cm³/mol. The SMILES string of the molecule is Oc1ccccc1-n1cc(OCC2CCCCN2)cn1. The average molecular weight is 273 g/mol. The number of ether oxygens (including phenoxy) is 1. The summed E-state index contributed by atoms with van der Waals surface area (Å²) in [5, 5.41) is 17.5. The summed E-state index contributed by atoms with van der Waals surface area (Å²) in [6, 6.07) is 7.54. The van der Waals surface area contributed by atoms with Gasteiger partial charge in [0.15, 0.2) is 5.75 Å². The molecular formula is C15H19N3O2. The summed E-state index contributed by atoms with van der Waals surface area (Å²) in [5.41, 5.74) is 0.651. The highest BCUT2D eigenvalue weighted by Crippen LogP contribution is 2.22. The van der Waals surface area contributed by atoms with Gasteiger partial charge in [-0.25, -0.2) is 4.68 Å². The molecule has 0 radical (unpaired) electrons. The van der Waals surface area contributed by atoms with Crippen LogP contribution in [0.3, 0.4) is 0 Å². The maximum absolute atomic E-state index is 9.80. The highest BCUT2D eigenvalue weighted by molar-refractivity contribution is 5.45. The number of aromatic hydroxyl groups is 1. The number of hydrogen-bond donors (Lipinski definition) is 2. The highest BCUT2D eigenvalue weighted by Gasteiger charge is 2.13. The number of aromatic nitrogens is 2. The first kappa shape index (κ1) is 13.0. The molecule has 1 aliphatic heterocycles. The van der Waals surface area contributed by atoms with Gasteiger partial charge >= 0.3 is 0 Å². The van der Waals surface area contributed by atoms with Crippen molar-refractivity contribution in [3.8, 4) is 17.2 Å². The minimum absolute atomic E-state index is 0.205. The first-order chi connectivity index (χ1) is 9.83. The molecule has 106 valence electrons. The largest absolute Gasteiger partial charge is 0.506 e. The smallest absolute Gasteiger partial charge is 0.157 e. The topological polar surface area (TPSA) is 59.3 Å². The first-order valence-corrected chi connectivity index (χ1v) is 7.02. The van der Waals surface area contributed by atoms with Crippen molar-refractivity contribution in [1.29, 1.82) is 0 Å². The van der Waals surface area contributed by atoms with E-state index in [2.05, 4.69) is 10.4 Å². The fourth-order valence-corrected chi connectivity index (χ4v) is 2.43. The first-order valence-electron chi connectivity index (χ1n) is 7.02. The lowest BCUT2D eigenvalue weighted by atomic mass is 10.1. The number of benzene rings is 1. The summed E-state index contributed by atoms with van der Waals surface area (Å²) in [5.74, 6) is 0.928. The number of piperidine rings is 1. The molecule has 1 saturated heterocycles. The lowest BCUT2D eigenvalue weighted by Gasteiger charge is -2.22. The normalized spacial score (nSPS) is 18.9. The standard InChI is InChI=1S/C15H19N3O2/c19-15-7-2-1-6-14(15)18-10-13(9-17-18)20-11-12-5-3-4-8-16-12/h1-2,6-7,9-10,12,16,19H,3-5,8,11H2. The number of rotatable bonds is 4. The van der Waals surface area contributed by atoms with Crippen LogP contribution in [-0.4, -0.2) is 34.1 Å². The third-order valence-electron chi connectivity index (χ3n) is 3.55. The molecule has 1 unspecified atom stereocenters. The van der Waals surface area contributed by atoms with Crippen LogP contribution >= 0.6 is 0 Å². The molecule has 0 aliphatic carbocycles. The average Bonchev–Trinajstić information content (AvgIpc) is 2.95. The zero-order valence-electron chi connectivity index (χ0n) is 11.3. The van der Waals surface area contributed by atoms with Crippen molar-refractivity contribution in [1.82, 2.24) is 15.1 Å². The molecule has 1 fully saturated rings. The van der Waals surface area contributed by atoms with E-state index in [4.69, 9.17) is 4.74 Å². The molecule has 2 aromatic rings. The summed E-state index contributed by atoms with van der Waals surface area (Å²) < 4.78 is 7.38. The van der Waals surface area contributed by atoms with Crippen molar-refractivity contribution >= 4 is 0 Å². The van der Waals surface area contributed by atoms with E-state index in [1.165, 1.54) is 12.8 Å². The second-order valence-electron chi connectivity index (χ2n) is 5.07. The Hall–Kier alpha value is -2.01. The van der Waals surface area contributed by atoms with E-state index in [0.717, 1.165) is 18.7 Å². The summed E-state index contributed by atoms with van der Waals surface area (Å²) in [6.45, 7) is 1.73. The number of para-hydroxylation sites is 2. The van der Waals surface area contributed by atoms with E-state index in [0.29, 0.717) is 18.3 Å². The molecule has 2 heterocycles. The van der Waals surface area contributed by atoms with Gasteiger partial charge in [-0.3, -0.25) is 0 Å². The third kappa shape index (κ3) is 2.93. The van der Waals surface area contributed by atoms with Gasteiger partial charge in [-0.1, -0.05) is 18.6 Å². The second kappa shape index (κ2) is 5.96. The van der Waals surface area contributed by atoms with Crippen LogP contribution in [0.1, 0.15) is 19.3 Å². The van der Waals surface area contributed by atoms with Gasteiger partial charge in [-0.15, -0.1) is 0 Å². The summed E-state index contributed by atoms with van der Waals surface area (Å²) in [7, 11) is 0. The number of phenols is 1. The van der Waals surface area contributed by atoms with Gasteiger partial charge in [-0.05, 0) is 31.5 Å². The molecule has 0 spiro atoms. The van der Waals surface area contributed by atoms with Gasteiger partial charge in [0.25, 0.3) is 0 Å². The predicted octanol–water partition coefficient (Wildman–Crippen LogP) is 2.10. The maximum atomic E-state index is 9.80. The van der Waals surface area contributed by atoms with E-state index in [-0.39, 0.29) is 5.75 Å². The van der Waals surface area contributed by atoms with Crippen molar-refractivity contribution in [2.24, 2.45) is 0 Å². The summed E-state index contributed by atoms with van der Waals surface area (Å²) >= 11 is 0. The van der Waals surface area contributed by atoms with E-state index >= 15 is 0 Å². The molecule has 1 aliphatic rings. The molecular weight excluding hydrogens is 254 g/mol. The maximum Gasteiger partial charge on any atom is 0.157 e. The molecule has 20 heavy (non-hydrogen) atoms. The van der Waals surface area contributed by atoms with Crippen LogP contribution < -0.4 is 10.1 Å². The molecule has 1 aromatic heterocycles. The van der Waals surface area contributed by atoms with Gasteiger partial charge in [0.05, 0.1) is 12.4 Å². The minimum Gasteiger partial charge on any atom is -0.506 e. The van der Waals surface area contributed by atoms with Crippen LogP contribution in [0.2, 0.25) is 0 Å². The minimum atomic E-state index is 0.205. The molecule has 1 atom stereocenters. The van der Waals surface area contributed by atoms with Crippen molar-refractivity contribution in [2.45, 2.75) is 25.3 Å². The third-order valence-corrected chi connectivity index (χ3v) is 3.55. The van der Waals surface area contributed by atoms with E-state index in [9.17, 15) is 5.11 Å². The quantitative estimate of drug-likeness (QED) is 0.895. The van der Waals surface area contributed by atoms with Gasteiger partial charge in [0.2, 0.25) is 0 Å². The Morgan fingerprint density at radius 3 is 3.05 bits per heavy atom. The van der Waals surface area contributed by atoms with Crippen LogP contribution in [0, 0.1) is 0 Å². The van der Waals surface area contributed by atoms with Crippen molar-refractivity contribution in [2.75, 3.05) is 13.2 Å². The van der Waals surface area contributed by atoms with Crippen LogP contribution in [-0.2, 0) is 0 Å². The van der Waals surface area contributed by atoms with Crippen molar-refractivity contribution in [3.63, 3.8) is 0 Å². The molecule has 5 heteroatoms. The van der Waals surface area contributed by atoms with Crippen LogP contribution in [0.15, 0.2) is 36.7 Å². The fourth-order valence-electron chi connectivity index (χ4n) is 2.43. The molecule has 3 rings (SSSR count). The lowest BCUT2D eigenvalue weighted by Crippen LogP contribution is -2.38.